The fourth-order valence-corrected chi connectivity index (χ4v) is 0.898. The van der Waals surface area contributed by atoms with E-state index in [1.54, 1.807) is 0 Å². The van der Waals surface area contributed by atoms with Gasteiger partial charge in [0.2, 0.25) is 0 Å². The maximum atomic E-state index is 12.1. The van der Waals surface area contributed by atoms with Crippen molar-refractivity contribution in [2.45, 2.75) is 18.6 Å². The van der Waals surface area contributed by atoms with E-state index in [4.69, 9.17) is 16.6 Å². The molecule has 0 fully saturated rings. The first-order chi connectivity index (χ1) is 5.80. The van der Waals surface area contributed by atoms with E-state index in [1.165, 1.54) is 0 Å². The van der Waals surface area contributed by atoms with Crippen molar-refractivity contribution in [3.63, 3.8) is 0 Å². The third-order valence-electron chi connectivity index (χ3n) is 1.62. The van der Waals surface area contributed by atoms with Crippen LogP contribution in [0.4, 0.5) is 13.2 Å². The second-order valence-corrected chi connectivity index (χ2v) is 2.59. The average molecular weight is 200 g/mol. The smallest absolute Gasteiger partial charge is 0.393 e. The molecule has 0 rings (SSSR count). The van der Waals surface area contributed by atoms with Gasteiger partial charge in [0, 0.05) is 0 Å². The molecule has 4 nitrogen and oxygen atoms in total. The van der Waals surface area contributed by atoms with Crippen LogP contribution in [0, 0.1) is 5.92 Å². The summed E-state index contributed by atoms with van der Waals surface area (Å²) in [4.78, 5) is 10.2. The first-order valence-electron chi connectivity index (χ1n) is 3.56. The number of carboxylic acid groups (broad SMARTS) is 1. The molecular formula is C6H11F3N2O2. The van der Waals surface area contributed by atoms with Gasteiger partial charge in [-0.3, -0.25) is 4.79 Å². The van der Waals surface area contributed by atoms with Crippen LogP contribution in [-0.2, 0) is 4.79 Å². The summed E-state index contributed by atoms with van der Waals surface area (Å²) in [6, 6.07) is -1.94. The van der Waals surface area contributed by atoms with Gasteiger partial charge < -0.3 is 16.6 Å². The summed E-state index contributed by atoms with van der Waals surface area (Å²) in [5.41, 5.74) is 9.77. The predicted molar refractivity (Wildman–Crippen MR) is 38.8 cm³/mol. The molecular weight excluding hydrogens is 189 g/mol. The minimum Gasteiger partial charge on any atom is -0.480 e. The first kappa shape index (κ1) is 12.2. The summed E-state index contributed by atoms with van der Waals surface area (Å²) in [6.45, 7) is -0.245. The number of alkyl halides is 3. The van der Waals surface area contributed by atoms with Crippen LogP contribution < -0.4 is 11.5 Å². The lowest BCUT2D eigenvalue weighted by molar-refractivity contribution is -0.188. The Balaban J connectivity index is 4.51. The fraction of sp³-hybridized carbons (Fsp3) is 0.833. The van der Waals surface area contributed by atoms with Crippen LogP contribution in [0.15, 0.2) is 0 Å². The van der Waals surface area contributed by atoms with Gasteiger partial charge in [-0.25, -0.2) is 0 Å². The molecule has 0 aliphatic heterocycles. The van der Waals surface area contributed by atoms with Gasteiger partial charge in [0.05, 0.1) is 5.92 Å². The second kappa shape index (κ2) is 4.43. The van der Waals surface area contributed by atoms with Crippen LogP contribution in [0.5, 0.6) is 0 Å². The Hall–Kier alpha value is -0.820. The maximum Gasteiger partial charge on any atom is 0.393 e. The Morgan fingerprint density at radius 3 is 2.15 bits per heavy atom. The zero-order valence-electron chi connectivity index (χ0n) is 6.71. The van der Waals surface area contributed by atoms with Crippen molar-refractivity contribution in [1.29, 1.82) is 0 Å². The predicted octanol–water partition coefficient (Wildman–Crippen LogP) is -0.0744. The van der Waals surface area contributed by atoms with Gasteiger partial charge in [0.1, 0.15) is 6.04 Å². The van der Waals surface area contributed by atoms with Crippen LogP contribution in [-0.4, -0.2) is 29.8 Å². The summed E-state index contributed by atoms with van der Waals surface area (Å²) >= 11 is 0. The van der Waals surface area contributed by atoms with Gasteiger partial charge in [-0.05, 0) is 13.0 Å². The molecule has 0 saturated carbocycles. The van der Waals surface area contributed by atoms with Gasteiger partial charge in [-0.2, -0.15) is 13.2 Å². The minimum absolute atomic E-state index is 0.245. The summed E-state index contributed by atoms with van der Waals surface area (Å²) in [6.07, 6.45) is -5.09. The van der Waals surface area contributed by atoms with Crippen molar-refractivity contribution in [2.75, 3.05) is 6.54 Å². The molecule has 0 amide bonds. The number of nitrogens with two attached hydrogens (primary N) is 2. The number of halogens is 3. The SMILES string of the molecule is NCCC(C(N)C(=O)O)C(F)(F)F. The van der Waals surface area contributed by atoms with E-state index in [0.29, 0.717) is 0 Å². The zero-order chi connectivity index (χ0) is 10.6. The highest BCUT2D eigenvalue weighted by Crippen LogP contribution is 2.30. The fourth-order valence-electron chi connectivity index (χ4n) is 0.898. The molecule has 13 heavy (non-hydrogen) atoms. The average Bonchev–Trinajstić information content (AvgIpc) is 1.96. The molecule has 5 N–H and O–H groups in total. The molecule has 0 aromatic carbocycles. The number of hydrogen-bond donors (Lipinski definition) is 3. The van der Waals surface area contributed by atoms with E-state index in [9.17, 15) is 18.0 Å². The van der Waals surface area contributed by atoms with Gasteiger partial charge in [0.15, 0.2) is 0 Å². The third-order valence-corrected chi connectivity index (χ3v) is 1.62. The van der Waals surface area contributed by atoms with Crippen LogP contribution in [0.2, 0.25) is 0 Å². The topological polar surface area (TPSA) is 89.3 Å². The summed E-state index contributed by atoms with van der Waals surface area (Å²) in [5, 5.41) is 8.28. The summed E-state index contributed by atoms with van der Waals surface area (Å²) in [7, 11) is 0. The second-order valence-electron chi connectivity index (χ2n) is 2.59. The number of carboxylic acids is 1. The van der Waals surface area contributed by atoms with Crippen LogP contribution in [0.1, 0.15) is 6.42 Å². The highest BCUT2D eigenvalue weighted by molar-refractivity contribution is 5.73. The van der Waals surface area contributed by atoms with Gasteiger partial charge >= 0.3 is 12.1 Å². The molecule has 2 unspecified atom stereocenters. The van der Waals surface area contributed by atoms with Gasteiger partial charge in [0.25, 0.3) is 0 Å². The van der Waals surface area contributed by atoms with E-state index < -0.39 is 30.5 Å². The van der Waals surface area contributed by atoms with Gasteiger partial charge in [-0.1, -0.05) is 0 Å². The third kappa shape index (κ3) is 3.60. The van der Waals surface area contributed by atoms with E-state index >= 15 is 0 Å². The lowest BCUT2D eigenvalue weighted by Gasteiger charge is -2.22. The first-order valence-corrected chi connectivity index (χ1v) is 3.56. The number of carbonyl (C=O) groups is 1. The normalized spacial score (nSPS) is 16.7. The lowest BCUT2D eigenvalue weighted by atomic mass is 9.96. The molecule has 2 atom stereocenters. The van der Waals surface area contributed by atoms with Crippen molar-refractivity contribution in [2.24, 2.45) is 17.4 Å². The maximum absolute atomic E-state index is 12.1. The van der Waals surface area contributed by atoms with Crippen LogP contribution in [0.25, 0.3) is 0 Å². The monoisotopic (exact) mass is 200 g/mol. The van der Waals surface area contributed by atoms with E-state index in [1.807, 2.05) is 0 Å². The molecule has 0 aliphatic rings. The highest BCUT2D eigenvalue weighted by atomic mass is 19.4. The van der Waals surface area contributed by atoms with Gasteiger partial charge in [-0.15, -0.1) is 0 Å². The molecule has 78 valence electrons. The molecule has 7 heteroatoms. The van der Waals surface area contributed by atoms with Crippen molar-refractivity contribution >= 4 is 5.97 Å². The number of rotatable bonds is 4. The molecule has 0 spiro atoms. The Bertz CT molecular complexity index is 183. The van der Waals surface area contributed by atoms with Crippen molar-refractivity contribution in [3.05, 3.63) is 0 Å². The molecule has 0 aliphatic carbocycles. The van der Waals surface area contributed by atoms with Crippen LogP contribution in [0.3, 0.4) is 0 Å². The standard InChI is InChI=1S/C6H11F3N2O2/c7-6(8,9)3(1-2-10)4(11)5(12)13/h3-4H,1-2,10-11H2,(H,12,13). The molecule has 0 heterocycles. The molecule has 0 radical (unpaired) electrons. The Morgan fingerprint density at radius 2 is 1.92 bits per heavy atom. The Labute approximate surface area is 72.7 Å². The number of aliphatic carboxylic acids is 1. The molecule has 0 aromatic heterocycles. The molecule has 0 saturated heterocycles. The highest BCUT2D eigenvalue weighted by Gasteiger charge is 2.45. The summed E-state index contributed by atoms with van der Waals surface area (Å²) < 4.78 is 36.4. The van der Waals surface area contributed by atoms with E-state index in [2.05, 4.69) is 0 Å². The Kier molecular flexibility index (Phi) is 4.15. The summed E-state index contributed by atoms with van der Waals surface area (Å²) in [5.74, 6) is -3.74. The largest absolute Gasteiger partial charge is 0.480 e. The van der Waals surface area contributed by atoms with Crippen molar-refractivity contribution in [1.82, 2.24) is 0 Å². The van der Waals surface area contributed by atoms with Crippen LogP contribution >= 0.6 is 0 Å². The lowest BCUT2D eigenvalue weighted by Crippen LogP contribution is -2.46. The minimum atomic E-state index is -4.61. The quantitative estimate of drug-likeness (QED) is 0.592. The Morgan fingerprint density at radius 1 is 1.46 bits per heavy atom. The van der Waals surface area contributed by atoms with E-state index in [0.717, 1.165) is 0 Å². The van der Waals surface area contributed by atoms with Crippen molar-refractivity contribution < 1.29 is 23.1 Å². The van der Waals surface area contributed by atoms with Crippen molar-refractivity contribution in [3.8, 4) is 0 Å². The number of hydrogen-bond acceptors (Lipinski definition) is 3. The molecule has 0 aromatic rings. The molecule has 0 bridgehead atoms. The van der Waals surface area contributed by atoms with E-state index in [-0.39, 0.29) is 6.54 Å². The zero-order valence-corrected chi connectivity index (χ0v) is 6.71.